The molecule has 0 amide bonds. The van der Waals surface area contributed by atoms with Crippen LogP contribution in [0.5, 0.6) is 0 Å². The number of nitrogens with one attached hydrogen (secondary N) is 1. The van der Waals surface area contributed by atoms with E-state index < -0.39 is 5.60 Å². The Morgan fingerprint density at radius 3 is 2.60 bits per heavy atom. The van der Waals surface area contributed by atoms with E-state index in [1.54, 1.807) is 19.9 Å². The van der Waals surface area contributed by atoms with Crippen LogP contribution in [0.3, 0.4) is 0 Å². The van der Waals surface area contributed by atoms with E-state index in [9.17, 15) is 9.50 Å². The standard InChI is InChI=1S/C11H15ClFNO/c1-11(2,15)3-4-14-10-6-8(12)5-9(13)7-10/h5-7,14-15H,3-4H2,1-2H3. The van der Waals surface area contributed by atoms with Crippen molar-refractivity contribution in [3.8, 4) is 0 Å². The number of hydrogen-bond donors (Lipinski definition) is 2. The fourth-order valence-corrected chi connectivity index (χ4v) is 1.39. The highest BCUT2D eigenvalue weighted by molar-refractivity contribution is 6.30. The molecular weight excluding hydrogens is 217 g/mol. The zero-order chi connectivity index (χ0) is 11.5. The molecule has 0 aliphatic heterocycles. The number of benzene rings is 1. The summed E-state index contributed by atoms with van der Waals surface area (Å²) >= 11 is 5.69. The summed E-state index contributed by atoms with van der Waals surface area (Å²) in [5, 5.41) is 12.8. The minimum absolute atomic E-state index is 0.362. The summed E-state index contributed by atoms with van der Waals surface area (Å²) in [5.41, 5.74) is -0.0892. The van der Waals surface area contributed by atoms with Crippen molar-refractivity contribution < 1.29 is 9.50 Å². The molecule has 2 N–H and O–H groups in total. The van der Waals surface area contributed by atoms with Gasteiger partial charge in [0, 0.05) is 17.3 Å². The molecule has 0 aromatic heterocycles. The van der Waals surface area contributed by atoms with Crippen LogP contribution >= 0.6 is 11.6 Å². The molecule has 0 radical (unpaired) electrons. The lowest BCUT2D eigenvalue weighted by atomic mass is 10.1. The highest BCUT2D eigenvalue weighted by atomic mass is 35.5. The lowest BCUT2D eigenvalue weighted by Gasteiger charge is -2.17. The first kappa shape index (κ1) is 12.3. The van der Waals surface area contributed by atoms with Crippen LogP contribution in [0.15, 0.2) is 18.2 Å². The molecule has 0 bridgehead atoms. The molecule has 0 saturated carbocycles. The largest absolute Gasteiger partial charge is 0.390 e. The molecule has 0 saturated heterocycles. The summed E-state index contributed by atoms with van der Waals surface area (Å²) in [6, 6.07) is 4.27. The number of anilines is 1. The van der Waals surface area contributed by atoms with Gasteiger partial charge in [0.05, 0.1) is 5.60 Å². The number of aliphatic hydroxyl groups is 1. The summed E-state index contributed by atoms with van der Waals surface area (Å²) < 4.78 is 12.9. The van der Waals surface area contributed by atoms with E-state index in [4.69, 9.17) is 11.6 Å². The van der Waals surface area contributed by atoms with E-state index in [-0.39, 0.29) is 5.82 Å². The average Bonchev–Trinajstić information content (AvgIpc) is 1.99. The maximum absolute atomic E-state index is 12.9. The smallest absolute Gasteiger partial charge is 0.126 e. The predicted molar refractivity (Wildman–Crippen MR) is 60.8 cm³/mol. The van der Waals surface area contributed by atoms with Crippen LogP contribution in [0.1, 0.15) is 20.3 Å². The third-order valence-corrected chi connectivity index (χ3v) is 2.15. The topological polar surface area (TPSA) is 32.3 Å². The van der Waals surface area contributed by atoms with Gasteiger partial charge in [-0.25, -0.2) is 4.39 Å². The van der Waals surface area contributed by atoms with Crippen molar-refractivity contribution in [1.29, 1.82) is 0 Å². The van der Waals surface area contributed by atoms with E-state index in [0.717, 1.165) is 0 Å². The molecule has 1 rings (SSSR count). The minimum atomic E-state index is -0.718. The summed E-state index contributed by atoms with van der Waals surface area (Å²) in [6.45, 7) is 4.03. The van der Waals surface area contributed by atoms with Crippen molar-refractivity contribution in [2.75, 3.05) is 11.9 Å². The van der Waals surface area contributed by atoms with Gasteiger partial charge in [-0.2, -0.15) is 0 Å². The van der Waals surface area contributed by atoms with E-state index in [0.29, 0.717) is 23.7 Å². The summed E-state index contributed by atoms with van der Waals surface area (Å²) in [7, 11) is 0. The van der Waals surface area contributed by atoms with Crippen molar-refractivity contribution in [3.05, 3.63) is 29.0 Å². The molecule has 15 heavy (non-hydrogen) atoms. The van der Waals surface area contributed by atoms with Gasteiger partial charge in [0.1, 0.15) is 5.82 Å². The van der Waals surface area contributed by atoms with Crippen molar-refractivity contribution in [3.63, 3.8) is 0 Å². The molecule has 0 heterocycles. The Balaban J connectivity index is 2.51. The van der Waals surface area contributed by atoms with E-state index >= 15 is 0 Å². The number of rotatable bonds is 4. The van der Waals surface area contributed by atoms with Gasteiger partial charge in [0.15, 0.2) is 0 Å². The molecule has 2 nitrogen and oxygen atoms in total. The van der Waals surface area contributed by atoms with E-state index in [1.165, 1.54) is 12.1 Å². The number of halogens is 2. The van der Waals surface area contributed by atoms with Crippen LogP contribution in [0.4, 0.5) is 10.1 Å². The minimum Gasteiger partial charge on any atom is -0.390 e. The van der Waals surface area contributed by atoms with Gasteiger partial charge in [-0.15, -0.1) is 0 Å². The fourth-order valence-electron chi connectivity index (χ4n) is 1.17. The first-order valence-corrected chi connectivity index (χ1v) is 5.17. The lowest BCUT2D eigenvalue weighted by molar-refractivity contribution is 0.0749. The summed E-state index contributed by atoms with van der Waals surface area (Å²) in [4.78, 5) is 0. The van der Waals surface area contributed by atoms with Gasteiger partial charge in [-0.05, 0) is 38.5 Å². The van der Waals surface area contributed by atoms with Crippen molar-refractivity contribution >= 4 is 17.3 Å². The second kappa shape index (κ2) is 4.81. The molecule has 0 atom stereocenters. The highest BCUT2D eigenvalue weighted by Crippen LogP contribution is 2.18. The quantitative estimate of drug-likeness (QED) is 0.835. The van der Waals surface area contributed by atoms with E-state index in [2.05, 4.69) is 5.32 Å². The normalized spacial score (nSPS) is 11.5. The molecular formula is C11H15ClFNO. The Kier molecular flexibility index (Phi) is 3.94. The highest BCUT2D eigenvalue weighted by Gasteiger charge is 2.11. The van der Waals surface area contributed by atoms with Gasteiger partial charge < -0.3 is 10.4 Å². The summed E-state index contributed by atoms with van der Waals surface area (Å²) in [5.74, 6) is -0.367. The first-order chi connectivity index (χ1) is 6.87. The third kappa shape index (κ3) is 5.00. The van der Waals surface area contributed by atoms with Crippen molar-refractivity contribution in [2.45, 2.75) is 25.9 Å². The predicted octanol–water partition coefficient (Wildman–Crippen LogP) is 3.05. The van der Waals surface area contributed by atoms with Gasteiger partial charge >= 0.3 is 0 Å². The Morgan fingerprint density at radius 1 is 1.40 bits per heavy atom. The zero-order valence-corrected chi connectivity index (χ0v) is 9.61. The second-order valence-corrected chi connectivity index (χ2v) is 4.58. The Labute approximate surface area is 94.1 Å². The average molecular weight is 232 g/mol. The van der Waals surface area contributed by atoms with Crippen LogP contribution in [0.25, 0.3) is 0 Å². The van der Waals surface area contributed by atoms with Crippen LogP contribution in [0.2, 0.25) is 5.02 Å². The summed E-state index contributed by atoms with van der Waals surface area (Å²) in [6.07, 6.45) is 0.584. The van der Waals surface area contributed by atoms with Crippen LogP contribution in [-0.2, 0) is 0 Å². The van der Waals surface area contributed by atoms with Crippen molar-refractivity contribution in [1.82, 2.24) is 0 Å². The lowest BCUT2D eigenvalue weighted by Crippen LogP contribution is -2.22. The fraction of sp³-hybridized carbons (Fsp3) is 0.455. The molecule has 0 aliphatic rings. The Hall–Kier alpha value is -0.800. The monoisotopic (exact) mass is 231 g/mol. The second-order valence-electron chi connectivity index (χ2n) is 4.15. The number of hydrogen-bond acceptors (Lipinski definition) is 2. The molecule has 1 aromatic rings. The zero-order valence-electron chi connectivity index (χ0n) is 8.85. The molecule has 4 heteroatoms. The molecule has 0 aliphatic carbocycles. The molecule has 1 aromatic carbocycles. The maximum atomic E-state index is 12.9. The molecule has 0 unspecified atom stereocenters. The maximum Gasteiger partial charge on any atom is 0.126 e. The Morgan fingerprint density at radius 2 is 2.07 bits per heavy atom. The van der Waals surface area contributed by atoms with Crippen molar-refractivity contribution in [2.24, 2.45) is 0 Å². The Bertz CT molecular complexity index is 316. The SMILES string of the molecule is CC(C)(O)CCNc1cc(F)cc(Cl)c1. The molecule has 0 fully saturated rings. The first-order valence-electron chi connectivity index (χ1n) is 4.79. The van der Waals surface area contributed by atoms with E-state index in [1.807, 2.05) is 0 Å². The van der Waals surface area contributed by atoms with Crippen LogP contribution in [-0.4, -0.2) is 17.3 Å². The van der Waals surface area contributed by atoms with Gasteiger partial charge in [0.25, 0.3) is 0 Å². The van der Waals surface area contributed by atoms with Gasteiger partial charge in [-0.3, -0.25) is 0 Å². The van der Waals surface area contributed by atoms with Gasteiger partial charge in [0.2, 0.25) is 0 Å². The third-order valence-electron chi connectivity index (χ3n) is 1.93. The van der Waals surface area contributed by atoms with Crippen LogP contribution in [0, 0.1) is 5.82 Å². The molecule has 0 spiro atoms. The molecule has 84 valence electrons. The van der Waals surface area contributed by atoms with Gasteiger partial charge in [-0.1, -0.05) is 11.6 Å². The van der Waals surface area contributed by atoms with Crippen LogP contribution < -0.4 is 5.32 Å².